The van der Waals surface area contributed by atoms with Crippen molar-refractivity contribution < 1.29 is 9.53 Å². The first-order chi connectivity index (χ1) is 8.11. The van der Waals surface area contributed by atoms with Crippen LogP contribution in [0.15, 0.2) is 12.5 Å². The Hall–Kier alpha value is -1.89. The molecular weight excluding hydrogens is 240 g/mol. The highest BCUT2D eigenvalue weighted by atomic mass is 32.1. The third-order valence-electron chi connectivity index (χ3n) is 2.25. The minimum absolute atomic E-state index is 0.147. The van der Waals surface area contributed by atoms with Crippen molar-refractivity contribution >= 4 is 23.1 Å². The molecule has 2 rings (SSSR count). The van der Waals surface area contributed by atoms with Gasteiger partial charge in [0.15, 0.2) is 5.69 Å². The minimum atomic E-state index is -0.526. The van der Waals surface area contributed by atoms with Crippen molar-refractivity contribution in [2.75, 3.05) is 12.8 Å². The molecule has 2 aromatic rings. The predicted octanol–water partition coefficient (Wildman–Crippen LogP) is 1.07. The summed E-state index contributed by atoms with van der Waals surface area (Å²) in [4.78, 5) is 20.5. The molecule has 0 saturated heterocycles. The normalized spacial score (nSPS) is 10.5. The van der Waals surface area contributed by atoms with E-state index in [1.807, 2.05) is 6.92 Å². The Balaban J connectivity index is 2.23. The summed E-state index contributed by atoms with van der Waals surface area (Å²) < 4.78 is 6.27. The van der Waals surface area contributed by atoms with Crippen LogP contribution >= 0.6 is 11.3 Å². The molecule has 6 nitrogen and oxygen atoms in total. The summed E-state index contributed by atoms with van der Waals surface area (Å²) in [5, 5.41) is 0.992. The van der Waals surface area contributed by atoms with Gasteiger partial charge >= 0.3 is 5.97 Å². The number of thiazole rings is 1. The number of hydrogen-bond acceptors (Lipinski definition) is 6. The zero-order chi connectivity index (χ0) is 12.4. The van der Waals surface area contributed by atoms with E-state index in [9.17, 15) is 4.79 Å². The summed E-state index contributed by atoms with van der Waals surface area (Å²) in [6.07, 6.45) is 3.31. The highest BCUT2D eigenvalue weighted by Crippen LogP contribution is 2.17. The fourth-order valence-corrected chi connectivity index (χ4v) is 2.21. The van der Waals surface area contributed by atoms with Gasteiger partial charge in [-0.25, -0.2) is 14.8 Å². The number of hydrogen-bond donors (Lipinski definition) is 1. The van der Waals surface area contributed by atoms with Crippen molar-refractivity contribution in [3.63, 3.8) is 0 Å². The van der Waals surface area contributed by atoms with Gasteiger partial charge in [0.1, 0.15) is 5.82 Å². The SMILES string of the molecule is COC(=O)c1ncn(Cc2cnc(C)s2)c1N. The first kappa shape index (κ1) is 11.6. The number of aryl methyl sites for hydroxylation is 1. The van der Waals surface area contributed by atoms with Gasteiger partial charge in [-0.15, -0.1) is 11.3 Å². The maximum Gasteiger partial charge on any atom is 0.360 e. The predicted molar refractivity (Wildman–Crippen MR) is 63.9 cm³/mol. The van der Waals surface area contributed by atoms with Crippen molar-refractivity contribution in [2.45, 2.75) is 13.5 Å². The second-order valence-electron chi connectivity index (χ2n) is 3.44. The topological polar surface area (TPSA) is 83.0 Å². The largest absolute Gasteiger partial charge is 0.464 e. The molecule has 17 heavy (non-hydrogen) atoms. The average Bonchev–Trinajstić information content (AvgIpc) is 2.87. The summed E-state index contributed by atoms with van der Waals surface area (Å²) in [6, 6.07) is 0. The Labute approximate surface area is 102 Å². The van der Waals surface area contributed by atoms with E-state index in [0.717, 1.165) is 9.88 Å². The number of methoxy groups -OCH3 is 1. The Bertz CT molecular complexity index is 546. The van der Waals surface area contributed by atoms with Crippen molar-refractivity contribution in [3.8, 4) is 0 Å². The number of anilines is 1. The lowest BCUT2D eigenvalue weighted by Gasteiger charge is -2.02. The van der Waals surface area contributed by atoms with Gasteiger partial charge in [-0.1, -0.05) is 0 Å². The quantitative estimate of drug-likeness (QED) is 0.826. The molecule has 0 saturated carbocycles. The molecule has 0 spiro atoms. The van der Waals surface area contributed by atoms with E-state index < -0.39 is 5.97 Å². The number of nitrogen functional groups attached to an aromatic ring is 1. The van der Waals surface area contributed by atoms with Gasteiger partial charge < -0.3 is 15.0 Å². The smallest absolute Gasteiger partial charge is 0.360 e. The van der Waals surface area contributed by atoms with Gasteiger partial charge in [0, 0.05) is 11.1 Å². The molecule has 2 aromatic heterocycles. The first-order valence-corrected chi connectivity index (χ1v) is 5.73. The third-order valence-corrected chi connectivity index (χ3v) is 3.15. The molecule has 0 aliphatic rings. The molecule has 0 radical (unpaired) electrons. The molecule has 2 N–H and O–H groups in total. The molecule has 0 unspecified atom stereocenters. The zero-order valence-corrected chi connectivity index (χ0v) is 10.3. The van der Waals surface area contributed by atoms with E-state index in [1.165, 1.54) is 13.4 Å². The maximum absolute atomic E-state index is 11.3. The molecule has 2 heterocycles. The third kappa shape index (κ3) is 2.28. The van der Waals surface area contributed by atoms with E-state index in [0.29, 0.717) is 12.4 Å². The van der Waals surface area contributed by atoms with Gasteiger partial charge in [-0.2, -0.15) is 0 Å². The van der Waals surface area contributed by atoms with Gasteiger partial charge in [-0.3, -0.25) is 0 Å². The number of carbonyl (C=O) groups excluding carboxylic acids is 1. The lowest BCUT2D eigenvalue weighted by atomic mass is 10.4. The molecule has 0 fully saturated rings. The number of aromatic nitrogens is 3. The highest BCUT2D eigenvalue weighted by Gasteiger charge is 2.16. The molecular formula is C10H12N4O2S. The van der Waals surface area contributed by atoms with Crippen molar-refractivity contribution in [1.82, 2.24) is 14.5 Å². The van der Waals surface area contributed by atoms with Gasteiger partial charge in [-0.05, 0) is 6.92 Å². The number of rotatable bonds is 3. The van der Waals surface area contributed by atoms with Crippen LogP contribution < -0.4 is 5.73 Å². The monoisotopic (exact) mass is 252 g/mol. The molecule has 0 bridgehead atoms. The maximum atomic E-state index is 11.3. The molecule has 7 heteroatoms. The van der Waals surface area contributed by atoms with Crippen LogP contribution in [0.25, 0.3) is 0 Å². The summed E-state index contributed by atoms with van der Waals surface area (Å²) in [6.45, 7) is 2.49. The highest BCUT2D eigenvalue weighted by molar-refractivity contribution is 7.11. The summed E-state index contributed by atoms with van der Waals surface area (Å²) in [5.74, 6) is -0.218. The fraction of sp³-hybridized carbons (Fsp3) is 0.300. The van der Waals surface area contributed by atoms with Gasteiger partial charge in [0.05, 0.1) is 25.0 Å². The van der Waals surface area contributed by atoms with Crippen LogP contribution in [-0.4, -0.2) is 27.6 Å². The number of nitrogens with zero attached hydrogens (tertiary/aromatic N) is 3. The van der Waals surface area contributed by atoms with Crippen molar-refractivity contribution in [2.24, 2.45) is 0 Å². The van der Waals surface area contributed by atoms with E-state index in [4.69, 9.17) is 5.73 Å². The van der Waals surface area contributed by atoms with Crippen LogP contribution in [0.5, 0.6) is 0 Å². The van der Waals surface area contributed by atoms with Crippen molar-refractivity contribution in [3.05, 3.63) is 28.1 Å². The van der Waals surface area contributed by atoms with E-state index in [-0.39, 0.29) is 5.69 Å². The Morgan fingerprint density at radius 3 is 2.94 bits per heavy atom. The van der Waals surface area contributed by atoms with Crippen LogP contribution in [0.4, 0.5) is 5.82 Å². The van der Waals surface area contributed by atoms with Crippen LogP contribution in [-0.2, 0) is 11.3 Å². The summed E-state index contributed by atoms with van der Waals surface area (Å²) in [5.41, 5.74) is 5.97. The van der Waals surface area contributed by atoms with Crippen LogP contribution in [0.1, 0.15) is 20.4 Å². The number of esters is 1. The van der Waals surface area contributed by atoms with Crippen LogP contribution in [0.3, 0.4) is 0 Å². The number of imidazole rings is 1. The number of carbonyl (C=O) groups is 1. The molecule has 0 aromatic carbocycles. The second kappa shape index (κ2) is 4.54. The summed E-state index contributed by atoms with van der Waals surface area (Å²) >= 11 is 1.58. The Kier molecular flexibility index (Phi) is 3.10. The van der Waals surface area contributed by atoms with Gasteiger partial charge in [0.2, 0.25) is 0 Å². The van der Waals surface area contributed by atoms with E-state index in [2.05, 4.69) is 14.7 Å². The molecule has 0 aliphatic heterocycles. The molecule has 0 aliphatic carbocycles. The molecule has 90 valence electrons. The molecule has 0 amide bonds. The lowest BCUT2D eigenvalue weighted by Crippen LogP contribution is -2.08. The average molecular weight is 252 g/mol. The Morgan fingerprint density at radius 2 is 2.35 bits per heavy atom. The number of nitrogens with two attached hydrogens (primary N) is 1. The van der Waals surface area contributed by atoms with Crippen LogP contribution in [0, 0.1) is 6.92 Å². The van der Waals surface area contributed by atoms with E-state index in [1.54, 1.807) is 22.1 Å². The first-order valence-electron chi connectivity index (χ1n) is 4.92. The van der Waals surface area contributed by atoms with E-state index >= 15 is 0 Å². The standard InChI is InChI=1S/C10H12N4O2S/c1-6-12-3-7(17-6)4-14-5-13-8(9(14)11)10(15)16-2/h3,5H,4,11H2,1-2H3. The molecule has 0 atom stereocenters. The van der Waals surface area contributed by atoms with Crippen molar-refractivity contribution in [1.29, 1.82) is 0 Å². The fourth-order valence-electron chi connectivity index (χ4n) is 1.42. The minimum Gasteiger partial charge on any atom is -0.464 e. The lowest BCUT2D eigenvalue weighted by molar-refractivity contribution is 0.0596. The van der Waals surface area contributed by atoms with Gasteiger partial charge in [0.25, 0.3) is 0 Å². The number of ether oxygens (including phenoxy) is 1. The Morgan fingerprint density at radius 1 is 1.59 bits per heavy atom. The summed E-state index contributed by atoms with van der Waals surface area (Å²) in [7, 11) is 1.30. The second-order valence-corrected chi connectivity index (χ2v) is 4.76. The zero-order valence-electron chi connectivity index (χ0n) is 9.51. The van der Waals surface area contributed by atoms with Crippen LogP contribution in [0.2, 0.25) is 0 Å².